The van der Waals surface area contributed by atoms with Crippen molar-refractivity contribution in [1.29, 1.82) is 0 Å². The van der Waals surface area contributed by atoms with E-state index in [0.717, 1.165) is 51.0 Å². The Morgan fingerprint density at radius 3 is 2.59 bits per heavy atom. The molecule has 1 unspecified atom stereocenters. The molecule has 0 radical (unpaired) electrons. The highest BCUT2D eigenvalue weighted by Crippen LogP contribution is 2.16. The van der Waals surface area contributed by atoms with Crippen LogP contribution in [-0.4, -0.2) is 93.7 Å². The van der Waals surface area contributed by atoms with Gasteiger partial charge in [-0.1, -0.05) is 6.07 Å². The molecular weight excluding hydrogens is 338 g/mol. The Morgan fingerprint density at radius 2 is 1.93 bits per heavy atom. The number of aliphatic imine (C=N–C) groups is 1. The van der Waals surface area contributed by atoms with Crippen LogP contribution < -0.4 is 10.1 Å². The summed E-state index contributed by atoms with van der Waals surface area (Å²) in [5, 5.41) is 3.40. The summed E-state index contributed by atoms with van der Waals surface area (Å²) in [7, 11) is 6.45. The highest BCUT2D eigenvalue weighted by atomic mass is 16.5. The van der Waals surface area contributed by atoms with E-state index in [4.69, 9.17) is 9.73 Å². The molecule has 152 valence electrons. The smallest absolute Gasteiger partial charge is 0.193 e. The van der Waals surface area contributed by atoms with Crippen molar-refractivity contribution in [3.05, 3.63) is 29.3 Å². The Kier molecular flexibility index (Phi) is 8.38. The Labute approximate surface area is 165 Å². The van der Waals surface area contributed by atoms with Crippen molar-refractivity contribution in [2.24, 2.45) is 4.99 Å². The van der Waals surface area contributed by atoms with Crippen molar-refractivity contribution in [1.82, 2.24) is 20.0 Å². The van der Waals surface area contributed by atoms with Crippen molar-refractivity contribution < 1.29 is 4.74 Å². The third-order valence-electron chi connectivity index (χ3n) is 5.02. The van der Waals surface area contributed by atoms with Crippen LogP contribution in [0.15, 0.2) is 23.2 Å². The van der Waals surface area contributed by atoms with Crippen LogP contribution in [0.5, 0.6) is 5.75 Å². The molecule has 0 amide bonds. The minimum absolute atomic E-state index is 0.470. The van der Waals surface area contributed by atoms with E-state index < -0.39 is 0 Å². The first-order valence-corrected chi connectivity index (χ1v) is 9.98. The number of ether oxygens (including phenoxy) is 1. The third-order valence-corrected chi connectivity index (χ3v) is 5.02. The fraction of sp³-hybridized carbons (Fsp3) is 0.667. The van der Waals surface area contributed by atoms with Crippen LogP contribution in [0.25, 0.3) is 0 Å². The predicted molar refractivity (Wildman–Crippen MR) is 114 cm³/mol. The second-order valence-corrected chi connectivity index (χ2v) is 7.68. The Balaban J connectivity index is 1.88. The number of hydrogen-bond donors (Lipinski definition) is 1. The molecule has 0 aromatic heterocycles. The summed E-state index contributed by atoms with van der Waals surface area (Å²) >= 11 is 0. The Morgan fingerprint density at radius 1 is 1.22 bits per heavy atom. The van der Waals surface area contributed by atoms with Gasteiger partial charge < -0.3 is 19.9 Å². The molecule has 1 aromatic carbocycles. The molecule has 1 atom stereocenters. The maximum Gasteiger partial charge on any atom is 0.193 e. The van der Waals surface area contributed by atoms with Crippen LogP contribution in [0.3, 0.4) is 0 Å². The molecule has 0 saturated carbocycles. The van der Waals surface area contributed by atoms with Crippen LogP contribution in [-0.2, 0) is 0 Å². The first-order chi connectivity index (χ1) is 12.9. The summed E-state index contributed by atoms with van der Waals surface area (Å²) in [6.45, 7) is 12.7. The normalized spacial score (nSPS) is 19.2. The second-order valence-electron chi connectivity index (χ2n) is 7.68. The lowest BCUT2D eigenvalue weighted by Gasteiger charge is -2.37. The number of piperazine rings is 1. The standard InChI is InChI=1S/C21H37N5O/c1-7-22-21(23-15-19-16-24(4)8-9-25(19)5)26(6)10-11-27-20-13-17(2)12-18(3)14-20/h12-14,19H,7-11,15-16H2,1-6H3,(H,22,23). The number of likely N-dealkylation sites (N-methyl/N-ethyl adjacent to an activating group) is 3. The summed E-state index contributed by atoms with van der Waals surface area (Å²) < 4.78 is 5.95. The molecule has 1 aliphatic rings. The number of guanidine groups is 1. The van der Waals surface area contributed by atoms with E-state index in [9.17, 15) is 0 Å². The zero-order chi connectivity index (χ0) is 19.8. The summed E-state index contributed by atoms with van der Waals surface area (Å²) in [5.41, 5.74) is 2.46. The van der Waals surface area contributed by atoms with Crippen molar-refractivity contribution in [3.63, 3.8) is 0 Å². The van der Waals surface area contributed by atoms with E-state index in [1.807, 2.05) is 0 Å². The van der Waals surface area contributed by atoms with Gasteiger partial charge in [-0.05, 0) is 58.1 Å². The topological polar surface area (TPSA) is 43.3 Å². The molecule has 2 rings (SSSR count). The van der Waals surface area contributed by atoms with E-state index >= 15 is 0 Å². The average Bonchev–Trinajstić information content (AvgIpc) is 2.60. The van der Waals surface area contributed by atoms with Gasteiger partial charge in [-0.2, -0.15) is 0 Å². The van der Waals surface area contributed by atoms with E-state index in [0.29, 0.717) is 12.6 Å². The summed E-state index contributed by atoms with van der Waals surface area (Å²) in [6, 6.07) is 6.80. The van der Waals surface area contributed by atoms with Gasteiger partial charge in [0.25, 0.3) is 0 Å². The van der Waals surface area contributed by atoms with Gasteiger partial charge in [-0.3, -0.25) is 9.89 Å². The number of benzene rings is 1. The lowest BCUT2D eigenvalue weighted by atomic mass is 10.1. The second kappa shape index (κ2) is 10.5. The first kappa shape index (κ1) is 21.5. The minimum Gasteiger partial charge on any atom is -0.492 e. The zero-order valence-corrected chi connectivity index (χ0v) is 18.0. The molecule has 1 N–H and O–H groups in total. The number of nitrogens with zero attached hydrogens (tertiary/aromatic N) is 4. The molecule has 6 heteroatoms. The highest BCUT2D eigenvalue weighted by Gasteiger charge is 2.22. The maximum atomic E-state index is 5.95. The van der Waals surface area contributed by atoms with Crippen molar-refractivity contribution in [2.45, 2.75) is 26.8 Å². The molecule has 1 heterocycles. The zero-order valence-electron chi connectivity index (χ0n) is 18.0. The molecule has 0 bridgehead atoms. The maximum absolute atomic E-state index is 5.95. The molecular formula is C21H37N5O. The summed E-state index contributed by atoms with van der Waals surface area (Å²) in [5.74, 6) is 1.89. The molecule has 1 fully saturated rings. The minimum atomic E-state index is 0.470. The molecule has 1 aliphatic heterocycles. The fourth-order valence-electron chi connectivity index (χ4n) is 3.38. The summed E-state index contributed by atoms with van der Waals surface area (Å²) in [4.78, 5) is 11.8. The number of hydrogen-bond acceptors (Lipinski definition) is 4. The number of aryl methyl sites for hydroxylation is 2. The molecule has 27 heavy (non-hydrogen) atoms. The fourth-order valence-corrected chi connectivity index (χ4v) is 3.38. The first-order valence-electron chi connectivity index (χ1n) is 9.98. The van der Waals surface area contributed by atoms with E-state index in [1.54, 1.807) is 0 Å². The van der Waals surface area contributed by atoms with E-state index in [1.165, 1.54) is 11.1 Å². The van der Waals surface area contributed by atoms with Crippen LogP contribution >= 0.6 is 0 Å². The molecule has 0 aliphatic carbocycles. The largest absolute Gasteiger partial charge is 0.492 e. The van der Waals surface area contributed by atoms with Gasteiger partial charge in [0.05, 0.1) is 13.1 Å². The van der Waals surface area contributed by atoms with E-state index in [-0.39, 0.29) is 0 Å². The molecule has 0 spiro atoms. The quantitative estimate of drug-likeness (QED) is 0.582. The summed E-state index contributed by atoms with van der Waals surface area (Å²) in [6.07, 6.45) is 0. The van der Waals surface area contributed by atoms with Crippen molar-refractivity contribution >= 4 is 5.96 Å². The van der Waals surface area contributed by atoms with Gasteiger partial charge in [0, 0.05) is 39.3 Å². The third kappa shape index (κ3) is 7.03. The van der Waals surface area contributed by atoms with Gasteiger partial charge in [-0.25, -0.2) is 0 Å². The van der Waals surface area contributed by atoms with Crippen molar-refractivity contribution in [3.8, 4) is 5.75 Å². The van der Waals surface area contributed by atoms with Gasteiger partial charge in [0.15, 0.2) is 5.96 Å². The Hall–Kier alpha value is -1.79. The molecule has 1 saturated heterocycles. The van der Waals surface area contributed by atoms with Crippen LogP contribution in [0.2, 0.25) is 0 Å². The highest BCUT2D eigenvalue weighted by molar-refractivity contribution is 5.79. The van der Waals surface area contributed by atoms with Crippen LogP contribution in [0.4, 0.5) is 0 Å². The van der Waals surface area contributed by atoms with Crippen molar-refractivity contribution in [2.75, 3.05) is 67.0 Å². The van der Waals surface area contributed by atoms with Gasteiger partial charge in [0.1, 0.15) is 12.4 Å². The average molecular weight is 376 g/mol. The lowest BCUT2D eigenvalue weighted by Crippen LogP contribution is -2.51. The molecule has 6 nitrogen and oxygen atoms in total. The van der Waals surface area contributed by atoms with Crippen LogP contribution in [0, 0.1) is 13.8 Å². The number of nitrogens with one attached hydrogen (secondary N) is 1. The lowest BCUT2D eigenvalue weighted by molar-refractivity contribution is 0.119. The number of rotatable bonds is 7. The van der Waals surface area contributed by atoms with Crippen LogP contribution in [0.1, 0.15) is 18.1 Å². The van der Waals surface area contributed by atoms with E-state index in [2.05, 4.69) is 80.1 Å². The SMILES string of the molecule is CCNC(=NCC1CN(C)CCN1C)N(C)CCOc1cc(C)cc(C)c1. The van der Waals surface area contributed by atoms with Gasteiger partial charge >= 0.3 is 0 Å². The predicted octanol–water partition coefficient (Wildman–Crippen LogP) is 1.83. The monoisotopic (exact) mass is 375 g/mol. The molecule has 1 aromatic rings. The Bertz CT molecular complexity index is 598. The van der Waals surface area contributed by atoms with Gasteiger partial charge in [-0.15, -0.1) is 0 Å². The van der Waals surface area contributed by atoms with Gasteiger partial charge in [0.2, 0.25) is 0 Å².